The van der Waals surface area contributed by atoms with Crippen LogP contribution in [0.25, 0.3) is 12.2 Å². The summed E-state index contributed by atoms with van der Waals surface area (Å²) in [5, 5.41) is 3.13. The van der Waals surface area contributed by atoms with Crippen molar-refractivity contribution < 1.29 is 38.0 Å². The van der Waals surface area contributed by atoms with Crippen LogP contribution in [0.1, 0.15) is 21.5 Å². The number of ether oxygens (including phenoxy) is 7. The van der Waals surface area contributed by atoms with Crippen LogP contribution in [0.15, 0.2) is 54.7 Å². The first-order chi connectivity index (χ1) is 18.9. The monoisotopic (exact) mass is 535 g/mol. The number of carbonyl (C=O) groups is 1. The van der Waals surface area contributed by atoms with Crippen LogP contribution < -0.4 is 38.5 Å². The van der Waals surface area contributed by atoms with E-state index in [-0.39, 0.29) is 5.78 Å². The van der Waals surface area contributed by atoms with E-state index in [2.05, 4.69) is 5.32 Å². The van der Waals surface area contributed by atoms with Crippen molar-refractivity contribution in [3.8, 4) is 40.2 Å². The number of anilines is 1. The van der Waals surface area contributed by atoms with Gasteiger partial charge in [-0.05, 0) is 53.6 Å². The molecule has 1 N–H and O–H groups in total. The molecule has 3 aromatic carbocycles. The second kappa shape index (κ2) is 13.7. The van der Waals surface area contributed by atoms with Crippen LogP contribution in [0.2, 0.25) is 0 Å². The summed E-state index contributed by atoms with van der Waals surface area (Å²) in [7, 11) is 10.9. The van der Waals surface area contributed by atoms with Crippen molar-refractivity contribution in [1.82, 2.24) is 0 Å². The minimum absolute atomic E-state index is 0.215. The van der Waals surface area contributed by atoms with E-state index in [1.54, 1.807) is 67.1 Å². The van der Waals surface area contributed by atoms with Gasteiger partial charge in [-0.25, -0.2) is 0 Å². The molecule has 0 aliphatic heterocycles. The van der Waals surface area contributed by atoms with E-state index in [1.807, 2.05) is 36.4 Å². The number of ketones is 1. The van der Waals surface area contributed by atoms with E-state index in [0.717, 1.165) is 11.1 Å². The highest BCUT2D eigenvalue weighted by molar-refractivity contribution is 6.05. The average Bonchev–Trinajstić information content (AvgIpc) is 2.98. The summed E-state index contributed by atoms with van der Waals surface area (Å²) in [5.41, 5.74) is 2.73. The lowest BCUT2D eigenvalue weighted by Gasteiger charge is -2.14. The predicted molar refractivity (Wildman–Crippen MR) is 151 cm³/mol. The summed E-state index contributed by atoms with van der Waals surface area (Å²) < 4.78 is 37.9. The molecule has 39 heavy (non-hydrogen) atoms. The molecule has 9 nitrogen and oxygen atoms in total. The van der Waals surface area contributed by atoms with Crippen molar-refractivity contribution in [2.45, 2.75) is 0 Å². The number of allylic oxidation sites excluding steroid dienone is 1. The molecule has 3 rings (SSSR count). The molecule has 0 aliphatic rings. The first-order valence-corrected chi connectivity index (χ1v) is 11.9. The summed E-state index contributed by atoms with van der Waals surface area (Å²) in [6, 6.07) is 12.4. The zero-order valence-corrected chi connectivity index (χ0v) is 23.1. The molecule has 0 spiro atoms. The lowest BCUT2D eigenvalue weighted by atomic mass is 10.1. The first kappa shape index (κ1) is 28.8. The van der Waals surface area contributed by atoms with Gasteiger partial charge in [-0.1, -0.05) is 12.2 Å². The third-order valence-corrected chi connectivity index (χ3v) is 5.80. The zero-order valence-electron chi connectivity index (χ0n) is 23.1. The molecule has 0 amide bonds. The molecular formula is C30H33NO8. The molecule has 3 aromatic rings. The molecule has 0 radical (unpaired) electrons. The Morgan fingerprint density at radius 2 is 1.10 bits per heavy atom. The van der Waals surface area contributed by atoms with E-state index < -0.39 is 0 Å². The fourth-order valence-electron chi connectivity index (χ4n) is 3.87. The van der Waals surface area contributed by atoms with Crippen molar-refractivity contribution in [2.75, 3.05) is 55.1 Å². The van der Waals surface area contributed by atoms with Crippen LogP contribution in [0, 0.1) is 0 Å². The zero-order chi connectivity index (χ0) is 28.4. The number of methoxy groups -OCH3 is 7. The second-order valence-corrected chi connectivity index (χ2v) is 8.01. The van der Waals surface area contributed by atoms with Gasteiger partial charge in [0.1, 0.15) is 0 Å². The van der Waals surface area contributed by atoms with E-state index in [1.165, 1.54) is 13.2 Å². The maximum atomic E-state index is 12.7. The SMILES string of the molecule is COc1ccc(C(=O)/C=C\Nc2cc(/C=C\c3cc(OC)c(OC)c(OC)c3)cc(OC)c2OC)cc1OC. The van der Waals surface area contributed by atoms with Crippen molar-refractivity contribution >= 4 is 23.6 Å². The molecule has 0 atom stereocenters. The Bertz CT molecular complexity index is 1340. The van der Waals surface area contributed by atoms with Gasteiger partial charge >= 0.3 is 0 Å². The van der Waals surface area contributed by atoms with Crippen LogP contribution in [0.4, 0.5) is 5.69 Å². The van der Waals surface area contributed by atoms with Crippen LogP contribution in [0.3, 0.4) is 0 Å². The molecule has 0 bridgehead atoms. The Kier molecular flexibility index (Phi) is 10.1. The Labute approximate surface area is 228 Å². The van der Waals surface area contributed by atoms with E-state index in [0.29, 0.717) is 51.5 Å². The van der Waals surface area contributed by atoms with Gasteiger partial charge in [0.15, 0.2) is 40.3 Å². The Morgan fingerprint density at radius 1 is 0.590 bits per heavy atom. The Hall–Kier alpha value is -4.79. The van der Waals surface area contributed by atoms with Gasteiger partial charge in [0.25, 0.3) is 0 Å². The molecule has 9 heteroatoms. The van der Waals surface area contributed by atoms with E-state index in [9.17, 15) is 4.79 Å². The third-order valence-electron chi connectivity index (χ3n) is 5.80. The molecule has 0 fully saturated rings. The Balaban J connectivity index is 1.88. The van der Waals surface area contributed by atoms with Crippen molar-refractivity contribution in [2.24, 2.45) is 0 Å². The standard InChI is InChI=1S/C30H33NO8/c1-33-24-11-10-21(18-25(24)34-2)23(32)12-13-31-22-14-19(15-26(35-3)29(22)38-6)8-9-20-16-27(36-4)30(39-7)28(17-20)37-5/h8-18,31H,1-7H3/b9-8-,13-12-. The van der Waals surface area contributed by atoms with Gasteiger partial charge in [-0.2, -0.15) is 0 Å². The fourth-order valence-corrected chi connectivity index (χ4v) is 3.87. The lowest BCUT2D eigenvalue weighted by molar-refractivity contribution is 0.104. The van der Waals surface area contributed by atoms with Gasteiger partial charge in [0, 0.05) is 17.8 Å². The fraction of sp³-hybridized carbons (Fsp3) is 0.233. The highest BCUT2D eigenvalue weighted by Crippen LogP contribution is 2.40. The van der Waals surface area contributed by atoms with E-state index in [4.69, 9.17) is 33.2 Å². The number of carbonyl (C=O) groups excluding carboxylic acids is 1. The third kappa shape index (κ3) is 6.75. The van der Waals surface area contributed by atoms with Crippen molar-refractivity contribution in [3.05, 3.63) is 71.4 Å². The van der Waals surface area contributed by atoms with Crippen molar-refractivity contribution in [1.29, 1.82) is 0 Å². The summed E-state index contributed by atoms with van der Waals surface area (Å²) in [6.45, 7) is 0. The van der Waals surface area contributed by atoms with Crippen LogP contribution in [-0.4, -0.2) is 55.6 Å². The smallest absolute Gasteiger partial charge is 0.203 e. The number of rotatable bonds is 13. The normalized spacial score (nSPS) is 10.8. The molecule has 0 aliphatic carbocycles. The summed E-state index contributed by atoms with van der Waals surface area (Å²) in [4.78, 5) is 12.7. The van der Waals surface area contributed by atoms with Gasteiger partial charge < -0.3 is 38.5 Å². The largest absolute Gasteiger partial charge is 0.493 e. The molecule has 0 saturated carbocycles. The molecule has 0 heterocycles. The van der Waals surface area contributed by atoms with Gasteiger partial charge in [0.05, 0.1) is 55.5 Å². The number of hydrogen-bond acceptors (Lipinski definition) is 9. The lowest BCUT2D eigenvalue weighted by Crippen LogP contribution is -2.00. The molecule has 0 saturated heterocycles. The minimum atomic E-state index is -0.215. The second-order valence-electron chi connectivity index (χ2n) is 8.01. The van der Waals surface area contributed by atoms with Gasteiger partial charge in [0.2, 0.25) is 5.75 Å². The molecule has 0 unspecified atom stereocenters. The van der Waals surface area contributed by atoms with Gasteiger partial charge in [-0.3, -0.25) is 4.79 Å². The topological polar surface area (TPSA) is 93.7 Å². The number of benzene rings is 3. The summed E-state index contributed by atoms with van der Waals surface area (Å²) >= 11 is 0. The molecular weight excluding hydrogens is 502 g/mol. The molecule has 206 valence electrons. The highest BCUT2D eigenvalue weighted by Gasteiger charge is 2.14. The average molecular weight is 536 g/mol. The number of nitrogens with one attached hydrogen (secondary N) is 1. The van der Waals surface area contributed by atoms with E-state index >= 15 is 0 Å². The predicted octanol–water partition coefficient (Wildman–Crippen LogP) is 5.73. The Morgan fingerprint density at radius 3 is 1.62 bits per heavy atom. The van der Waals surface area contributed by atoms with Crippen molar-refractivity contribution in [3.63, 3.8) is 0 Å². The van der Waals surface area contributed by atoms with Crippen LogP contribution in [-0.2, 0) is 0 Å². The van der Waals surface area contributed by atoms with Gasteiger partial charge in [-0.15, -0.1) is 0 Å². The maximum absolute atomic E-state index is 12.7. The number of hydrogen-bond donors (Lipinski definition) is 1. The summed E-state index contributed by atoms with van der Waals surface area (Å²) in [6.07, 6.45) is 6.78. The van der Waals surface area contributed by atoms with Crippen LogP contribution in [0.5, 0.6) is 40.2 Å². The quantitative estimate of drug-likeness (QED) is 0.167. The van der Waals surface area contributed by atoms with Crippen LogP contribution >= 0.6 is 0 Å². The molecule has 0 aromatic heterocycles. The summed E-state index contributed by atoms with van der Waals surface area (Å²) in [5.74, 6) is 3.44. The minimum Gasteiger partial charge on any atom is -0.493 e. The highest BCUT2D eigenvalue weighted by atomic mass is 16.5. The maximum Gasteiger partial charge on any atom is 0.203 e. The first-order valence-electron chi connectivity index (χ1n) is 11.9.